The zero-order chi connectivity index (χ0) is 16.2. The van der Waals surface area contributed by atoms with Crippen LogP contribution in [-0.2, 0) is 0 Å². The highest BCUT2D eigenvalue weighted by Crippen LogP contribution is 2.20. The van der Waals surface area contributed by atoms with Gasteiger partial charge in [-0.1, -0.05) is 17.7 Å². The summed E-state index contributed by atoms with van der Waals surface area (Å²) in [6.07, 6.45) is 3.26. The van der Waals surface area contributed by atoms with Crippen molar-refractivity contribution in [3.05, 3.63) is 65.6 Å². The number of anilines is 2. The molecule has 0 aliphatic carbocycles. The van der Waals surface area contributed by atoms with E-state index in [1.54, 1.807) is 48.8 Å². The molecular weight excluding hydrogens is 314 g/mol. The first-order valence-corrected chi connectivity index (χ1v) is 7.11. The zero-order valence-electron chi connectivity index (χ0n) is 11.9. The van der Waals surface area contributed by atoms with Crippen molar-refractivity contribution in [3.8, 4) is 11.4 Å². The van der Waals surface area contributed by atoms with Crippen LogP contribution in [-0.4, -0.2) is 20.9 Å². The monoisotopic (exact) mass is 325 g/mol. The maximum atomic E-state index is 12.2. The molecule has 3 rings (SSSR count). The number of pyridine rings is 1. The van der Waals surface area contributed by atoms with Gasteiger partial charge in [0.25, 0.3) is 5.91 Å². The molecule has 114 valence electrons. The van der Waals surface area contributed by atoms with Crippen LogP contribution in [0.1, 0.15) is 10.4 Å². The molecule has 0 atom stereocenters. The van der Waals surface area contributed by atoms with Crippen LogP contribution in [0.5, 0.6) is 0 Å². The van der Waals surface area contributed by atoms with E-state index in [2.05, 4.69) is 20.3 Å². The van der Waals surface area contributed by atoms with Crippen molar-refractivity contribution in [2.45, 2.75) is 0 Å². The van der Waals surface area contributed by atoms with Gasteiger partial charge in [-0.2, -0.15) is 0 Å². The fraction of sp³-hybridized carbons (Fsp3) is 0. The summed E-state index contributed by atoms with van der Waals surface area (Å²) < 4.78 is 0. The molecule has 23 heavy (non-hydrogen) atoms. The first-order chi connectivity index (χ1) is 11.1. The predicted molar refractivity (Wildman–Crippen MR) is 89.1 cm³/mol. The van der Waals surface area contributed by atoms with Crippen molar-refractivity contribution in [1.82, 2.24) is 15.0 Å². The van der Waals surface area contributed by atoms with Gasteiger partial charge in [0.2, 0.25) is 0 Å². The first-order valence-electron chi connectivity index (χ1n) is 6.74. The number of nitrogen functional groups attached to an aromatic ring is 1. The van der Waals surface area contributed by atoms with Gasteiger partial charge in [-0.3, -0.25) is 9.78 Å². The third-order valence-corrected chi connectivity index (χ3v) is 3.22. The number of halogens is 1. The number of nitrogens with one attached hydrogen (secondary N) is 1. The largest absolute Gasteiger partial charge is 0.399 e. The summed E-state index contributed by atoms with van der Waals surface area (Å²) in [5.74, 6) is 0.389. The lowest BCUT2D eigenvalue weighted by molar-refractivity contribution is 0.102. The van der Waals surface area contributed by atoms with Gasteiger partial charge in [-0.05, 0) is 30.3 Å². The summed E-state index contributed by atoms with van der Waals surface area (Å²) in [5, 5.41) is 2.92. The van der Waals surface area contributed by atoms with Crippen LogP contribution in [0.2, 0.25) is 5.15 Å². The molecule has 2 heterocycles. The average Bonchev–Trinajstić information content (AvgIpc) is 2.55. The van der Waals surface area contributed by atoms with Crippen molar-refractivity contribution in [2.75, 3.05) is 11.1 Å². The van der Waals surface area contributed by atoms with Crippen molar-refractivity contribution in [3.63, 3.8) is 0 Å². The lowest BCUT2D eigenvalue weighted by atomic mass is 10.2. The molecule has 0 unspecified atom stereocenters. The van der Waals surface area contributed by atoms with Gasteiger partial charge in [-0.15, -0.1) is 0 Å². The second kappa shape index (κ2) is 6.41. The number of nitrogens with zero attached hydrogens (tertiary/aromatic N) is 3. The van der Waals surface area contributed by atoms with Crippen LogP contribution >= 0.6 is 11.6 Å². The van der Waals surface area contributed by atoms with E-state index in [4.69, 9.17) is 17.3 Å². The summed E-state index contributed by atoms with van der Waals surface area (Å²) in [7, 11) is 0. The Morgan fingerprint density at radius 1 is 1.09 bits per heavy atom. The van der Waals surface area contributed by atoms with E-state index >= 15 is 0 Å². The van der Waals surface area contributed by atoms with Crippen molar-refractivity contribution >= 4 is 29.0 Å². The number of amides is 1. The molecule has 0 aliphatic heterocycles. The molecule has 0 spiro atoms. The molecule has 2 aromatic heterocycles. The van der Waals surface area contributed by atoms with Gasteiger partial charge in [-0.25, -0.2) is 9.97 Å². The van der Waals surface area contributed by atoms with E-state index in [1.165, 1.54) is 6.07 Å². The normalized spacial score (nSPS) is 10.3. The highest BCUT2D eigenvalue weighted by molar-refractivity contribution is 6.29. The molecule has 1 amide bonds. The third-order valence-electron chi connectivity index (χ3n) is 3.02. The molecule has 6 nitrogen and oxygen atoms in total. The predicted octanol–water partition coefficient (Wildman–Crippen LogP) is 3.03. The van der Waals surface area contributed by atoms with E-state index in [-0.39, 0.29) is 11.1 Å². The minimum Gasteiger partial charge on any atom is -0.399 e. The second-order valence-corrected chi connectivity index (χ2v) is 5.10. The number of hydrogen-bond acceptors (Lipinski definition) is 5. The number of aromatic nitrogens is 3. The van der Waals surface area contributed by atoms with Crippen LogP contribution in [0.15, 0.2) is 54.9 Å². The van der Waals surface area contributed by atoms with E-state index in [9.17, 15) is 4.79 Å². The maximum Gasteiger partial charge on any atom is 0.256 e. The van der Waals surface area contributed by atoms with Gasteiger partial charge in [0.05, 0.1) is 0 Å². The van der Waals surface area contributed by atoms with Gasteiger partial charge in [0.15, 0.2) is 5.82 Å². The molecule has 0 aliphatic rings. The Morgan fingerprint density at radius 2 is 1.87 bits per heavy atom. The molecule has 0 fully saturated rings. The summed E-state index contributed by atoms with van der Waals surface area (Å²) in [6, 6.07) is 11.7. The minimum absolute atomic E-state index is 0.231. The SMILES string of the molecule is Nc1cccc(C(=O)Nc2cc(Cl)nc(-c3ccncc3)n2)c1. The maximum absolute atomic E-state index is 12.2. The van der Waals surface area contributed by atoms with E-state index in [0.717, 1.165) is 5.56 Å². The summed E-state index contributed by atoms with van der Waals surface area (Å²) in [6.45, 7) is 0. The average molecular weight is 326 g/mol. The standard InChI is InChI=1S/C16H12ClN5O/c17-13-9-14(21-15(20-13)10-4-6-19-7-5-10)22-16(23)11-2-1-3-12(18)8-11/h1-9H,18H2,(H,20,21,22,23). The van der Waals surface area contributed by atoms with Crippen LogP contribution < -0.4 is 11.1 Å². The number of nitrogens with two attached hydrogens (primary N) is 1. The van der Waals surface area contributed by atoms with Gasteiger partial charge >= 0.3 is 0 Å². The Morgan fingerprint density at radius 3 is 2.61 bits per heavy atom. The molecule has 0 radical (unpaired) electrons. The Balaban J connectivity index is 1.89. The number of hydrogen-bond donors (Lipinski definition) is 2. The molecule has 1 aromatic carbocycles. The quantitative estimate of drug-likeness (QED) is 0.570. The summed E-state index contributed by atoms with van der Waals surface area (Å²) >= 11 is 6.02. The highest BCUT2D eigenvalue weighted by atomic mass is 35.5. The molecular formula is C16H12ClN5O. The second-order valence-electron chi connectivity index (χ2n) is 4.71. The van der Waals surface area contributed by atoms with Crippen molar-refractivity contribution in [2.24, 2.45) is 0 Å². The van der Waals surface area contributed by atoms with Crippen LogP contribution in [0, 0.1) is 0 Å². The Hall–Kier alpha value is -2.99. The van der Waals surface area contributed by atoms with Crippen molar-refractivity contribution < 1.29 is 4.79 Å². The minimum atomic E-state index is -0.326. The van der Waals surface area contributed by atoms with Crippen molar-refractivity contribution in [1.29, 1.82) is 0 Å². The Bertz CT molecular complexity index is 854. The molecule has 0 saturated carbocycles. The fourth-order valence-corrected chi connectivity index (χ4v) is 2.16. The van der Waals surface area contributed by atoms with Gasteiger partial charge in [0, 0.05) is 35.3 Å². The fourth-order valence-electron chi connectivity index (χ4n) is 1.98. The van der Waals surface area contributed by atoms with Gasteiger partial charge < -0.3 is 11.1 Å². The molecule has 0 saturated heterocycles. The number of carbonyl (C=O) groups is 1. The molecule has 0 bridgehead atoms. The first kappa shape index (κ1) is 14.9. The molecule has 3 N–H and O–H groups in total. The van der Waals surface area contributed by atoms with Crippen LogP contribution in [0.4, 0.5) is 11.5 Å². The topological polar surface area (TPSA) is 93.8 Å². The smallest absolute Gasteiger partial charge is 0.256 e. The molecule has 7 heteroatoms. The lowest BCUT2D eigenvalue weighted by Gasteiger charge is -2.07. The van der Waals surface area contributed by atoms with Crippen LogP contribution in [0.3, 0.4) is 0 Å². The highest BCUT2D eigenvalue weighted by Gasteiger charge is 2.10. The molecule has 3 aromatic rings. The zero-order valence-corrected chi connectivity index (χ0v) is 12.7. The summed E-state index contributed by atoms with van der Waals surface area (Å²) in [4.78, 5) is 24.6. The Labute approximate surface area is 137 Å². The van der Waals surface area contributed by atoms with E-state index in [0.29, 0.717) is 22.9 Å². The van der Waals surface area contributed by atoms with E-state index < -0.39 is 0 Å². The third kappa shape index (κ3) is 3.61. The summed E-state index contributed by atoms with van der Waals surface area (Å²) in [5.41, 5.74) is 7.38. The van der Waals surface area contributed by atoms with Gasteiger partial charge in [0.1, 0.15) is 11.0 Å². The number of carbonyl (C=O) groups excluding carboxylic acids is 1. The van der Waals surface area contributed by atoms with E-state index in [1.807, 2.05) is 0 Å². The number of rotatable bonds is 3. The van der Waals surface area contributed by atoms with Crippen LogP contribution in [0.25, 0.3) is 11.4 Å². The Kier molecular flexibility index (Phi) is 4.16. The lowest BCUT2D eigenvalue weighted by Crippen LogP contribution is -2.13. The number of benzene rings is 1.